The molecular weight excluding hydrogens is 724 g/mol. The van der Waals surface area contributed by atoms with E-state index in [0.29, 0.717) is 25.1 Å². The van der Waals surface area contributed by atoms with Gasteiger partial charge in [0.05, 0.1) is 5.69 Å². The van der Waals surface area contributed by atoms with Crippen molar-refractivity contribution in [3.8, 4) is 5.75 Å². The molecule has 0 radical (unpaired) electrons. The van der Waals surface area contributed by atoms with E-state index < -0.39 is 60.2 Å². The van der Waals surface area contributed by atoms with Crippen LogP contribution in [0, 0.1) is 23.6 Å². The van der Waals surface area contributed by atoms with Gasteiger partial charge in [0.2, 0.25) is 5.91 Å². The number of amides is 3. The van der Waals surface area contributed by atoms with E-state index in [0.717, 1.165) is 37.3 Å². The Bertz CT molecular complexity index is 1850. The summed E-state index contributed by atoms with van der Waals surface area (Å²) in [5.74, 6) is -1.39. The van der Waals surface area contributed by atoms with Crippen molar-refractivity contribution in [2.24, 2.45) is 17.8 Å². The van der Waals surface area contributed by atoms with Gasteiger partial charge in [-0.05, 0) is 68.1 Å². The number of hydrogen-bond donors (Lipinski definition) is 4. The van der Waals surface area contributed by atoms with Crippen LogP contribution in [0.5, 0.6) is 5.75 Å². The molecule has 16 heteroatoms. The number of rotatable bonds is 13. The number of anilines is 1. The van der Waals surface area contributed by atoms with Crippen LogP contribution in [0.3, 0.4) is 0 Å². The highest BCUT2D eigenvalue weighted by Crippen LogP contribution is 2.51. The average Bonchev–Trinajstić information content (AvgIpc) is 4.12. The minimum atomic E-state index is -4.87. The van der Waals surface area contributed by atoms with Crippen molar-refractivity contribution in [2.45, 2.75) is 95.0 Å². The summed E-state index contributed by atoms with van der Waals surface area (Å²) < 4.78 is 69.5. The molecule has 1 spiro atoms. The molecule has 3 atom stereocenters. The Morgan fingerprint density at radius 2 is 1.75 bits per heavy atom. The number of ether oxygens (including phenoxy) is 2. The normalized spacial score (nSPS) is 20.3. The molecule has 2 aliphatic heterocycles. The highest BCUT2D eigenvalue weighted by molar-refractivity contribution is 6.01. The molecule has 4 N–H and O–H groups in total. The Balaban J connectivity index is 1.11. The third kappa shape index (κ3) is 8.90. The topological polar surface area (TPSA) is 147 Å². The van der Waals surface area contributed by atoms with Gasteiger partial charge in [-0.25, -0.2) is 9.18 Å². The van der Waals surface area contributed by atoms with Crippen LogP contribution >= 0.6 is 0 Å². The van der Waals surface area contributed by atoms with E-state index in [4.69, 9.17) is 9.47 Å². The van der Waals surface area contributed by atoms with Gasteiger partial charge in [0.25, 0.3) is 5.91 Å². The average molecular weight is 771 g/mol. The van der Waals surface area contributed by atoms with Crippen LogP contribution in [0.2, 0.25) is 0 Å². The van der Waals surface area contributed by atoms with Gasteiger partial charge >= 0.3 is 12.3 Å². The second-order valence-corrected chi connectivity index (χ2v) is 15.1. The SMILES string of the molecule is CCn1nccc1C(=O)N[C@H](C(=O)Nc1cc2c(cc1F)C(NCC(O)C(F)(F)F)CC1(CCN(C(=O)OCc3ccccc3)CC1)O2)C(C1CC1)C1CC1. The van der Waals surface area contributed by atoms with Crippen LogP contribution in [0.4, 0.5) is 28.0 Å². The summed E-state index contributed by atoms with van der Waals surface area (Å²) >= 11 is 0. The number of alkyl halides is 3. The molecule has 3 amide bonds. The van der Waals surface area contributed by atoms with Crippen molar-refractivity contribution in [1.29, 1.82) is 0 Å². The Hall–Kier alpha value is -4.70. The van der Waals surface area contributed by atoms with Crippen LogP contribution in [-0.2, 0) is 22.7 Å². The molecule has 3 fully saturated rings. The number of aryl methyl sites for hydroxylation is 1. The first kappa shape index (κ1) is 38.6. The number of aromatic nitrogens is 2. The van der Waals surface area contributed by atoms with Gasteiger partial charge in [0, 0.05) is 69.3 Å². The molecule has 55 heavy (non-hydrogen) atoms. The van der Waals surface area contributed by atoms with E-state index in [9.17, 15) is 32.7 Å². The second-order valence-electron chi connectivity index (χ2n) is 15.1. The highest BCUT2D eigenvalue weighted by Gasteiger charge is 2.49. The molecule has 2 aliphatic carbocycles. The van der Waals surface area contributed by atoms with E-state index >= 15 is 4.39 Å². The Morgan fingerprint density at radius 3 is 2.38 bits per heavy atom. The number of fused-ring (bicyclic) bond motifs is 1. The number of halogens is 4. The number of aliphatic hydroxyl groups excluding tert-OH is 1. The maximum atomic E-state index is 16.0. The third-order valence-electron chi connectivity index (χ3n) is 11.2. The molecule has 2 saturated carbocycles. The van der Waals surface area contributed by atoms with Gasteiger partial charge in [-0.15, -0.1) is 0 Å². The van der Waals surface area contributed by atoms with Gasteiger partial charge in [0.15, 0.2) is 6.10 Å². The van der Waals surface area contributed by atoms with Crippen molar-refractivity contribution >= 4 is 23.6 Å². The molecule has 1 aromatic heterocycles. The molecule has 296 valence electrons. The first-order valence-electron chi connectivity index (χ1n) is 18.9. The number of nitrogens with one attached hydrogen (secondary N) is 3. The molecule has 3 aromatic rings. The van der Waals surface area contributed by atoms with Crippen LogP contribution in [0.1, 0.15) is 79.5 Å². The van der Waals surface area contributed by atoms with Crippen molar-refractivity contribution in [1.82, 2.24) is 25.3 Å². The summed E-state index contributed by atoms with van der Waals surface area (Å²) in [6, 6.07) is 11.4. The smallest absolute Gasteiger partial charge is 0.415 e. The first-order valence-corrected chi connectivity index (χ1v) is 18.9. The van der Waals surface area contributed by atoms with E-state index in [1.165, 1.54) is 21.8 Å². The fraction of sp³-hybridized carbons (Fsp3) is 0.538. The van der Waals surface area contributed by atoms with Gasteiger partial charge in [-0.3, -0.25) is 14.3 Å². The summed E-state index contributed by atoms with van der Waals surface area (Å²) in [5, 5.41) is 22.4. The Morgan fingerprint density at radius 1 is 1.05 bits per heavy atom. The van der Waals surface area contributed by atoms with Gasteiger partial charge in [0.1, 0.15) is 35.5 Å². The summed E-state index contributed by atoms with van der Waals surface area (Å²) in [7, 11) is 0. The van der Waals surface area contributed by atoms with E-state index in [1.807, 2.05) is 37.3 Å². The van der Waals surface area contributed by atoms with Crippen LogP contribution in [0.15, 0.2) is 54.7 Å². The zero-order chi connectivity index (χ0) is 38.9. The molecule has 3 heterocycles. The van der Waals surface area contributed by atoms with Gasteiger partial charge in [-0.1, -0.05) is 30.3 Å². The molecular formula is C39H46F4N6O6. The van der Waals surface area contributed by atoms with Crippen molar-refractivity contribution in [3.63, 3.8) is 0 Å². The lowest BCUT2D eigenvalue weighted by atomic mass is 9.80. The lowest BCUT2D eigenvalue weighted by Gasteiger charge is -2.47. The number of aliphatic hydroxyl groups is 1. The maximum Gasteiger partial charge on any atom is 0.415 e. The lowest BCUT2D eigenvalue weighted by molar-refractivity contribution is -0.202. The number of benzene rings is 2. The van der Waals surface area contributed by atoms with Gasteiger partial charge in [-0.2, -0.15) is 18.3 Å². The molecule has 12 nitrogen and oxygen atoms in total. The molecule has 4 aliphatic rings. The summed E-state index contributed by atoms with van der Waals surface area (Å²) in [4.78, 5) is 42.1. The van der Waals surface area contributed by atoms with E-state index in [1.54, 1.807) is 6.07 Å². The quantitative estimate of drug-likeness (QED) is 0.162. The summed E-state index contributed by atoms with van der Waals surface area (Å²) in [6.07, 6.45) is -2.11. The van der Waals surface area contributed by atoms with E-state index in [2.05, 4.69) is 21.0 Å². The number of nitrogens with zero attached hydrogens (tertiary/aromatic N) is 3. The lowest BCUT2D eigenvalue weighted by Crippen LogP contribution is -2.53. The standard InChI is InChI=1S/C39H46F4N6O6/c1-2-49-30(12-15-45-49)35(51)47-34(33(24-8-9-24)25-10-11-25)36(52)46-28-19-31-26(18-27(28)40)29(44-21-32(50)39(41,42)43)20-38(55-31)13-16-48(17-14-38)37(53)54-22-23-6-4-3-5-7-23/h3-7,12,15,18-19,24-25,29,32-34,44,50H,2,8-11,13-14,16-17,20-22H2,1H3,(H,46,52)(H,47,51)/t29?,32?,34-/m0/s1. The van der Waals surface area contributed by atoms with Crippen LogP contribution in [0.25, 0.3) is 0 Å². The first-order chi connectivity index (χ1) is 26.3. The predicted octanol–water partition coefficient (Wildman–Crippen LogP) is 5.72. The highest BCUT2D eigenvalue weighted by atomic mass is 19.4. The number of carbonyl (C=O) groups is 3. The number of hydrogen-bond acceptors (Lipinski definition) is 8. The zero-order valence-electron chi connectivity index (χ0n) is 30.5. The van der Waals surface area contributed by atoms with Crippen LogP contribution < -0.4 is 20.7 Å². The molecule has 7 rings (SSSR count). The third-order valence-corrected chi connectivity index (χ3v) is 11.2. The Kier molecular flexibility index (Phi) is 11.1. The number of likely N-dealkylation sites (tertiary alicyclic amines) is 1. The molecule has 0 bridgehead atoms. The minimum Gasteiger partial charge on any atom is -0.487 e. The fourth-order valence-electron chi connectivity index (χ4n) is 7.98. The summed E-state index contributed by atoms with van der Waals surface area (Å²) in [5.41, 5.74) is 0.181. The largest absolute Gasteiger partial charge is 0.487 e. The fourth-order valence-corrected chi connectivity index (χ4v) is 7.98. The van der Waals surface area contributed by atoms with Crippen molar-refractivity contribution < 1.29 is 46.5 Å². The maximum absolute atomic E-state index is 16.0. The molecule has 2 unspecified atom stereocenters. The second kappa shape index (κ2) is 15.8. The minimum absolute atomic E-state index is 0.0921. The monoisotopic (exact) mass is 770 g/mol. The predicted molar refractivity (Wildman–Crippen MR) is 191 cm³/mol. The van der Waals surface area contributed by atoms with E-state index in [-0.39, 0.29) is 60.9 Å². The Labute approximate surface area is 315 Å². The van der Waals surface area contributed by atoms with Crippen LogP contribution in [-0.4, -0.2) is 81.3 Å². The summed E-state index contributed by atoms with van der Waals surface area (Å²) in [6.45, 7) is 2.00. The van der Waals surface area contributed by atoms with Gasteiger partial charge < -0.3 is 35.4 Å². The number of piperidine rings is 1. The zero-order valence-corrected chi connectivity index (χ0v) is 30.5. The van der Waals surface area contributed by atoms with Crippen molar-refractivity contribution in [2.75, 3.05) is 25.0 Å². The molecule has 1 saturated heterocycles. The number of carbonyl (C=O) groups excluding carboxylic acids is 3. The van der Waals surface area contributed by atoms with Crippen molar-refractivity contribution in [3.05, 3.63) is 77.4 Å². The molecule has 2 aromatic carbocycles.